The van der Waals surface area contributed by atoms with Gasteiger partial charge in [-0.05, 0) is 54.8 Å². The van der Waals surface area contributed by atoms with Gasteiger partial charge in [0.2, 0.25) is 10.0 Å². The third-order valence-electron chi connectivity index (χ3n) is 4.51. The van der Waals surface area contributed by atoms with Gasteiger partial charge in [0.1, 0.15) is 11.4 Å². The Kier molecular flexibility index (Phi) is 5.21. The number of carbonyl (C=O) groups excluding carboxylic acids is 1. The zero-order chi connectivity index (χ0) is 20.5. The standard InChI is InChI=1S/C19H20N4O4S/c1-11-3-8-15(18(24)12(11)2)16-9-17(23-22-16)19(25)21-10-13-4-6-14(7-5-13)28(20,26)27/h3-9,24H,10H2,1-2H3,(H,21,25)(H,22,23)(H2,20,26,27). The summed E-state index contributed by atoms with van der Waals surface area (Å²) in [5.74, 6) is -0.244. The minimum absolute atomic E-state index is 0.00832. The van der Waals surface area contributed by atoms with E-state index in [1.807, 2.05) is 19.9 Å². The molecule has 9 heteroatoms. The van der Waals surface area contributed by atoms with Crippen LogP contribution in [-0.2, 0) is 16.6 Å². The van der Waals surface area contributed by atoms with Gasteiger partial charge < -0.3 is 10.4 Å². The maximum Gasteiger partial charge on any atom is 0.269 e. The van der Waals surface area contributed by atoms with Crippen LogP contribution >= 0.6 is 0 Å². The van der Waals surface area contributed by atoms with Gasteiger partial charge in [-0.15, -0.1) is 0 Å². The van der Waals surface area contributed by atoms with E-state index in [1.165, 1.54) is 12.1 Å². The van der Waals surface area contributed by atoms with E-state index < -0.39 is 10.0 Å². The van der Waals surface area contributed by atoms with Gasteiger partial charge in [0.25, 0.3) is 5.91 Å². The van der Waals surface area contributed by atoms with E-state index in [9.17, 15) is 18.3 Å². The first kappa shape index (κ1) is 19.6. The number of aryl methyl sites for hydroxylation is 1. The van der Waals surface area contributed by atoms with Gasteiger partial charge in [-0.2, -0.15) is 5.10 Å². The Hall–Kier alpha value is -3.17. The average molecular weight is 400 g/mol. The van der Waals surface area contributed by atoms with Gasteiger partial charge in [-0.1, -0.05) is 18.2 Å². The zero-order valence-electron chi connectivity index (χ0n) is 15.4. The van der Waals surface area contributed by atoms with Crippen LogP contribution in [0.25, 0.3) is 11.3 Å². The normalized spacial score (nSPS) is 11.4. The van der Waals surface area contributed by atoms with Crippen molar-refractivity contribution in [3.05, 3.63) is 64.8 Å². The summed E-state index contributed by atoms with van der Waals surface area (Å²) in [6.07, 6.45) is 0. The Labute approximate surface area is 162 Å². The molecule has 3 aromatic rings. The molecule has 0 radical (unpaired) electrons. The fourth-order valence-corrected chi connectivity index (χ4v) is 3.17. The molecular formula is C19H20N4O4S. The minimum Gasteiger partial charge on any atom is -0.507 e. The number of amides is 1. The third kappa shape index (κ3) is 4.05. The predicted octanol–water partition coefficient (Wildman–Crippen LogP) is 1.98. The molecule has 0 saturated heterocycles. The number of phenols is 1. The molecule has 0 aliphatic rings. The Morgan fingerprint density at radius 3 is 2.50 bits per heavy atom. The largest absolute Gasteiger partial charge is 0.507 e. The Morgan fingerprint density at radius 2 is 1.86 bits per heavy atom. The first-order valence-electron chi connectivity index (χ1n) is 8.41. The maximum atomic E-state index is 12.3. The predicted molar refractivity (Wildman–Crippen MR) is 104 cm³/mol. The van der Waals surface area contributed by atoms with E-state index >= 15 is 0 Å². The van der Waals surface area contributed by atoms with Crippen LogP contribution in [0.2, 0.25) is 0 Å². The molecule has 0 unspecified atom stereocenters. The van der Waals surface area contributed by atoms with Crippen molar-refractivity contribution in [2.24, 2.45) is 5.14 Å². The number of H-pyrrole nitrogens is 1. The molecule has 0 bridgehead atoms. The zero-order valence-corrected chi connectivity index (χ0v) is 16.2. The second kappa shape index (κ2) is 7.45. The van der Waals surface area contributed by atoms with Crippen LogP contribution < -0.4 is 10.5 Å². The van der Waals surface area contributed by atoms with Crippen molar-refractivity contribution in [3.63, 3.8) is 0 Å². The summed E-state index contributed by atoms with van der Waals surface area (Å²) in [5.41, 5.74) is 3.68. The third-order valence-corrected chi connectivity index (χ3v) is 5.43. The molecule has 0 atom stereocenters. The van der Waals surface area contributed by atoms with E-state index in [-0.39, 0.29) is 28.8 Å². The lowest BCUT2D eigenvalue weighted by Gasteiger charge is -2.07. The quantitative estimate of drug-likeness (QED) is 0.519. The number of benzene rings is 2. The second-order valence-electron chi connectivity index (χ2n) is 6.44. The van der Waals surface area contributed by atoms with Crippen LogP contribution in [0, 0.1) is 13.8 Å². The summed E-state index contributed by atoms with van der Waals surface area (Å²) < 4.78 is 22.5. The van der Waals surface area contributed by atoms with Crippen molar-refractivity contribution in [1.82, 2.24) is 15.5 Å². The Bertz CT molecular complexity index is 1140. The number of aromatic nitrogens is 2. The lowest BCUT2D eigenvalue weighted by Crippen LogP contribution is -2.23. The van der Waals surface area contributed by atoms with E-state index in [2.05, 4.69) is 15.5 Å². The van der Waals surface area contributed by atoms with E-state index in [0.29, 0.717) is 16.8 Å². The number of hydrogen-bond acceptors (Lipinski definition) is 5. The van der Waals surface area contributed by atoms with Crippen LogP contribution in [0.5, 0.6) is 5.75 Å². The number of phenolic OH excluding ortho intramolecular Hbond substituents is 1. The fraction of sp³-hybridized carbons (Fsp3) is 0.158. The molecule has 0 aliphatic carbocycles. The van der Waals surface area contributed by atoms with Crippen LogP contribution in [0.3, 0.4) is 0 Å². The highest BCUT2D eigenvalue weighted by molar-refractivity contribution is 7.89. The molecule has 28 heavy (non-hydrogen) atoms. The Balaban J connectivity index is 1.70. The van der Waals surface area contributed by atoms with E-state index in [1.54, 1.807) is 24.3 Å². The topological polar surface area (TPSA) is 138 Å². The highest BCUT2D eigenvalue weighted by Gasteiger charge is 2.15. The minimum atomic E-state index is -3.75. The molecular weight excluding hydrogens is 380 g/mol. The van der Waals surface area contributed by atoms with Crippen molar-refractivity contribution in [3.8, 4) is 17.0 Å². The number of primary sulfonamides is 1. The molecule has 8 nitrogen and oxygen atoms in total. The van der Waals surface area contributed by atoms with E-state index in [4.69, 9.17) is 5.14 Å². The van der Waals surface area contributed by atoms with Crippen molar-refractivity contribution in [1.29, 1.82) is 0 Å². The van der Waals surface area contributed by atoms with Crippen molar-refractivity contribution in [2.75, 3.05) is 0 Å². The van der Waals surface area contributed by atoms with Crippen LogP contribution in [0.4, 0.5) is 0 Å². The molecule has 1 heterocycles. The molecule has 3 rings (SSSR count). The van der Waals surface area contributed by atoms with Crippen LogP contribution in [0.1, 0.15) is 27.2 Å². The molecule has 0 saturated carbocycles. The SMILES string of the molecule is Cc1ccc(-c2cc(C(=O)NCc3ccc(S(N)(=O)=O)cc3)[nH]n2)c(O)c1C. The second-order valence-corrected chi connectivity index (χ2v) is 8.00. The monoisotopic (exact) mass is 400 g/mol. The highest BCUT2D eigenvalue weighted by Crippen LogP contribution is 2.32. The van der Waals surface area contributed by atoms with Crippen LogP contribution in [0.15, 0.2) is 47.4 Å². The molecule has 146 valence electrons. The number of sulfonamides is 1. The number of hydrogen-bond donors (Lipinski definition) is 4. The molecule has 0 spiro atoms. The number of nitrogens with one attached hydrogen (secondary N) is 2. The van der Waals surface area contributed by atoms with Crippen LogP contribution in [-0.4, -0.2) is 29.6 Å². The lowest BCUT2D eigenvalue weighted by atomic mass is 10.0. The number of nitrogens with zero attached hydrogens (tertiary/aromatic N) is 1. The summed E-state index contributed by atoms with van der Waals surface area (Å²) in [6, 6.07) is 11.1. The summed E-state index contributed by atoms with van der Waals surface area (Å²) in [5, 5.41) is 24.9. The number of aromatic hydroxyl groups is 1. The first-order chi connectivity index (χ1) is 13.2. The van der Waals surface area contributed by atoms with Gasteiger partial charge in [0, 0.05) is 12.1 Å². The number of rotatable bonds is 5. The molecule has 0 fully saturated rings. The number of nitrogens with two attached hydrogens (primary N) is 1. The van der Waals surface area contributed by atoms with Crippen molar-refractivity contribution >= 4 is 15.9 Å². The fourth-order valence-electron chi connectivity index (χ4n) is 2.66. The van der Waals surface area contributed by atoms with Gasteiger partial charge in [-0.3, -0.25) is 9.89 Å². The summed E-state index contributed by atoms with van der Waals surface area (Å²) >= 11 is 0. The Morgan fingerprint density at radius 1 is 1.18 bits per heavy atom. The molecule has 0 aliphatic heterocycles. The maximum absolute atomic E-state index is 12.3. The van der Waals surface area contributed by atoms with Gasteiger partial charge >= 0.3 is 0 Å². The van der Waals surface area contributed by atoms with Crippen molar-refractivity contribution < 1.29 is 18.3 Å². The molecule has 2 aromatic carbocycles. The molecule has 1 aromatic heterocycles. The first-order valence-corrected chi connectivity index (χ1v) is 9.96. The molecule has 5 N–H and O–H groups in total. The van der Waals surface area contributed by atoms with Gasteiger partial charge in [0.05, 0.1) is 10.6 Å². The summed E-state index contributed by atoms with van der Waals surface area (Å²) in [6.45, 7) is 3.92. The molecule has 1 amide bonds. The number of aromatic amines is 1. The average Bonchev–Trinajstić information content (AvgIpc) is 3.14. The summed E-state index contributed by atoms with van der Waals surface area (Å²) in [4.78, 5) is 12.3. The van der Waals surface area contributed by atoms with E-state index in [0.717, 1.165) is 11.1 Å². The highest BCUT2D eigenvalue weighted by atomic mass is 32.2. The van der Waals surface area contributed by atoms with Crippen molar-refractivity contribution in [2.45, 2.75) is 25.3 Å². The van der Waals surface area contributed by atoms with Gasteiger partial charge in [-0.25, -0.2) is 13.6 Å². The van der Waals surface area contributed by atoms with Gasteiger partial charge in [0.15, 0.2) is 0 Å². The summed E-state index contributed by atoms with van der Waals surface area (Å²) in [7, 11) is -3.75. The lowest BCUT2D eigenvalue weighted by molar-refractivity contribution is 0.0946. The number of carbonyl (C=O) groups is 1. The smallest absolute Gasteiger partial charge is 0.269 e.